The first-order chi connectivity index (χ1) is 17.6. The molecule has 212 valence electrons. The fourth-order valence-corrected chi connectivity index (χ4v) is 9.78. The largest absolute Gasteiger partial charge is 0.462 e. The van der Waals surface area contributed by atoms with Crippen LogP contribution in [0.3, 0.4) is 0 Å². The number of methoxy groups -OCH3 is 2. The lowest BCUT2D eigenvalue weighted by Crippen LogP contribution is -2.66. The zero-order valence-corrected chi connectivity index (χ0v) is 23.9. The van der Waals surface area contributed by atoms with Gasteiger partial charge in [-0.1, -0.05) is 52.3 Å². The normalized spacial score (nSPS) is 51.2. The summed E-state index contributed by atoms with van der Waals surface area (Å²) in [6, 6.07) is 0. The van der Waals surface area contributed by atoms with Gasteiger partial charge in [0.1, 0.15) is 17.8 Å². The van der Waals surface area contributed by atoms with E-state index in [-0.39, 0.29) is 29.0 Å². The second-order valence-corrected chi connectivity index (χ2v) is 13.5. The van der Waals surface area contributed by atoms with E-state index in [0.717, 1.165) is 18.4 Å². The molecule has 3 fully saturated rings. The van der Waals surface area contributed by atoms with Crippen LogP contribution in [-0.4, -0.2) is 66.6 Å². The summed E-state index contributed by atoms with van der Waals surface area (Å²) in [5, 5.41) is 23.3. The number of fused-ring (bicyclic) bond motifs is 5. The van der Waals surface area contributed by atoms with Crippen LogP contribution >= 0.6 is 0 Å². The molecule has 4 aliphatic carbocycles. The summed E-state index contributed by atoms with van der Waals surface area (Å²) >= 11 is 0. The Labute approximate surface area is 225 Å². The molecule has 38 heavy (non-hydrogen) atoms. The molecule has 4 unspecified atom stereocenters. The van der Waals surface area contributed by atoms with E-state index in [2.05, 4.69) is 32.9 Å². The first-order valence-corrected chi connectivity index (χ1v) is 13.9. The minimum atomic E-state index is -1.69. The Hall–Kier alpha value is -1.58. The molecule has 0 amide bonds. The highest BCUT2D eigenvalue weighted by Gasteiger charge is 2.72. The van der Waals surface area contributed by atoms with E-state index in [4.69, 9.17) is 18.9 Å². The van der Waals surface area contributed by atoms with Gasteiger partial charge in [-0.05, 0) is 54.4 Å². The van der Waals surface area contributed by atoms with Gasteiger partial charge in [0.2, 0.25) is 0 Å². The molecule has 1 heterocycles. The molecule has 1 saturated heterocycles. The fourth-order valence-electron chi connectivity index (χ4n) is 9.78. The summed E-state index contributed by atoms with van der Waals surface area (Å²) in [5.41, 5.74) is -2.41. The second-order valence-electron chi connectivity index (χ2n) is 13.5. The zero-order chi connectivity index (χ0) is 28.1. The molecular weight excluding hydrogens is 488 g/mol. The van der Waals surface area contributed by atoms with Crippen LogP contribution in [0.15, 0.2) is 23.8 Å². The van der Waals surface area contributed by atoms with E-state index in [1.165, 1.54) is 21.1 Å². The molecule has 8 nitrogen and oxygen atoms in total. The van der Waals surface area contributed by atoms with E-state index in [9.17, 15) is 19.8 Å². The molecular formula is C30H44O8. The van der Waals surface area contributed by atoms with Crippen molar-refractivity contribution in [1.82, 2.24) is 0 Å². The molecule has 1 aliphatic heterocycles. The van der Waals surface area contributed by atoms with E-state index in [1.807, 2.05) is 13.8 Å². The summed E-state index contributed by atoms with van der Waals surface area (Å²) in [6.45, 7) is 12.1. The summed E-state index contributed by atoms with van der Waals surface area (Å²) in [5.74, 6) is -0.485. The van der Waals surface area contributed by atoms with Gasteiger partial charge in [-0.2, -0.15) is 0 Å². The van der Waals surface area contributed by atoms with Crippen LogP contribution in [-0.2, 0) is 28.5 Å². The molecule has 11 atom stereocenters. The summed E-state index contributed by atoms with van der Waals surface area (Å²) < 4.78 is 22.8. The molecule has 0 aromatic rings. The first kappa shape index (κ1) is 28.0. The number of carbonyl (C=O) groups is 2. The number of hydrogen-bond acceptors (Lipinski definition) is 8. The number of allylic oxidation sites excluding steroid dienone is 3. The van der Waals surface area contributed by atoms with Crippen molar-refractivity contribution in [2.24, 2.45) is 39.4 Å². The third-order valence-electron chi connectivity index (χ3n) is 11.6. The fraction of sp³-hybridized carbons (Fsp3) is 0.800. The standard InChI is InChI=1S/C30H44O8/c1-16(31)37-22-15-20-26(2,3)21(32)12-14-28(20,5)18-11-13-27(4)17(29(18,22)6)9-10-19(27)30(34)23(33)24(35-7)38-25(30)36-8/h9,12,14,18-20,22-25,33-34H,10-11,13,15H2,1-8H3/t18-,19-,20+,22-,23?,24?,25?,27-,28-,29+,30?/m1/s1. The Morgan fingerprint density at radius 2 is 1.76 bits per heavy atom. The van der Waals surface area contributed by atoms with E-state index in [1.54, 1.807) is 6.08 Å². The molecule has 5 aliphatic rings. The zero-order valence-electron chi connectivity index (χ0n) is 23.9. The Bertz CT molecular complexity index is 1080. The van der Waals surface area contributed by atoms with Gasteiger partial charge < -0.3 is 29.2 Å². The van der Waals surface area contributed by atoms with Crippen LogP contribution in [0.5, 0.6) is 0 Å². The Kier molecular flexibility index (Phi) is 6.41. The lowest BCUT2D eigenvalue weighted by Gasteiger charge is -2.66. The lowest BCUT2D eigenvalue weighted by atomic mass is 9.38. The predicted molar refractivity (Wildman–Crippen MR) is 138 cm³/mol. The maximum absolute atomic E-state index is 13.0. The summed E-state index contributed by atoms with van der Waals surface area (Å²) in [6.07, 6.45) is 4.99. The molecule has 0 spiro atoms. The predicted octanol–water partition coefficient (Wildman–Crippen LogP) is 3.55. The average Bonchev–Trinajstić information content (AvgIpc) is 3.33. The number of hydrogen-bond donors (Lipinski definition) is 2. The van der Waals surface area contributed by atoms with Crippen LogP contribution in [0.2, 0.25) is 0 Å². The summed E-state index contributed by atoms with van der Waals surface area (Å²) in [4.78, 5) is 25.4. The van der Waals surface area contributed by atoms with Gasteiger partial charge in [0, 0.05) is 37.9 Å². The highest BCUT2D eigenvalue weighted by atomic mass is 16.8. The maximum atomic E-state index is 13.0. The lowest BCUT2D eigenvalue weighted by molar-refractivity contribution is -0.239. The van der Waals surface area contributed by atoms with Crippen molar-refractivity contribution in [1.29, 1.82) is 0 Å². The number of ether oxygens (including phenoxy) is 4. The highest BCUT2D eigenvalue weighted by Crippen LogP contribution is 2.73. The smallest absolute Gasteiger partial charge is 0.302 e. The number of ketones is 1. The third-order valence-corrected chi connectivity index (χ3v) is 11.6. The SMILES string of the molecule is COC1OC(OC)C(O)([C@@H]2CC=C3[C@@]4(C)[C@H](CC[C@]32C)[C@@]2(C)C=CC(=O)C(C)(C)[C@@H]2C[C@H]4OC(C)=O)C1O. The minimum absolute atomic E-state index is 0.0200. The van der Waals surface area contributed by atoms with Crippen LogP contribution in [0.4, 0.5) is 0 Å². The Morgan fingerprint density at radius 3 is 2.37 bits per heavy atom. The van der Waals surface area contributed by atoms with Gasteiger partial charge in [-0.25, -0.2) is 0 Å². The number of rotatable bonds is 4. The van der Waals surface area contributed by atoms with Crippen molar-refractivity contribution in [3.05, 3.63) is 23.8 Å². The van der Waals surface area contributed by atoms with E-state index >= 15 is 0 Å². The monoisotopic (exact) mass is 532 g/mol. The van der Waals surface area contributed by atoms with E-state index < -0.39 is 52.6 Å². The average molecular weight is 533 g/mol. The second kappa shape index (κ2) is 8.71. The summed E-state index contributed by atoms with van der Waals surface area (Å²) in [7, 11) is 2.90. The minimum Gasteiger partial charge on any atom is -0.462 e. The van der Waals surface area contributed by atoms with Crippen molar-refractivity contribution >= 4 is 11.8 Å². The van der Waals surface area contributed by atoms with Gasteiger partial charge in [0.25, 0.3) is 0 Å². The van der Waals surface area contributed by atoms with Crippen molar-refractivity contribution in [3.63, 3.8) is 0 Å². The van der Waals surface area contributed by atoms with Crippen LogP contribution in [0.1, 0.15) is 67.2 Å². The van der Waals surface area contributed by atoms with Gasteiger partial charge in [-0.3, -0.25) is 9.59 Å². The van der Waals surface area contributed by atoms with Crippen molar-refractivity contribution in [3.8, 4) is 0 Å². The molecule has 0 aromatic carbocycles. The highest BCUT2D eigenvalue weighted by molar-refractivity contribution is 5.95. The number of aliphatic hydroxyl groups is 2. The topological polar surface area (TPSA) is 112 Å². The maximum Gasteiger partial charge on any atom is 0.302 e. The molecule has 8 heteroatoms. The molecule has 2 N–H and O–H groups in total. The quantitative estimate of drug-likeness (QED) is 0.418. The number of esters is 1. The molecule has 5 rings (SSSR count). The van der Waals surface area contributed by atoms with Crippen LogP contribution in [0.25, 0.3) is 0 Å². The molecule has 0 radical (unpaired) electrons. The van der Waals surface area contributed by atoms with Crippen molar-refractivity contribution in [2.75, 3.05) is 14.2 Å². The van der Waals surface area contributed by atoms with Gasteiger partial charge in [-0.15, -0.1) is 0 Å². The van der Waals surface area contributed by atoms with Crippen molar-refractivity contribution in [2.45, 2.75) is 97.6 Å². The van der Waals surface area contributed by atoms with Gasteiger partial charge in [0.15, 0.2) is 18.4 Å². The molecule has 2 saturated carbocycles. The van der Waals surface area contributed by atoms with Gasteiger partial charge in [0.05, 0.1) is 0 Å². The molecule has 0 bridgehead atoms. The van der Waals surface area contributed by atoms with E-state index in [0.29, 0.717) is 12.8 Å². The van der Waals surface area contributed by atoms with Crippen molar-refractivity contribution < 1.29 is 38.7 Å². The van der Waals surface area contributed by atoms with Crippen LogP contribution < -0.4 is 0 Å². The Balaban J connectivity index is 1.61. The number of carbonyl (C=O) groups excluding carboxylic acids is 2. The van der Waals surface area contributed by atoms with Gasteiger partial charge >= 0.3 is 5.97 Å². The Morgan fingerprint density at radius 1 is 1.08 bits per heavy atom. The van der Waals surface area contributed by atoms with Crippen LogP contribution in [0, 0.1) is 39.4 Å². The molecule has 0 aromatic heterocycles. The first-order valence-electron chi connectivity index (χ1n) is 13.9. The number of aliphatic hydroxyl groups excluding tert-OH is 1. The third kappa shape index (κ3) is 3.33.